The lowest BCUT2D eigenvalue weighted by molar-refractivity contribution is -0.143. The van der Waals surface area contributed by atoms with E-state index < -0.39 is 70.8 Å². The summed E-state index contributed by atoms with van der Waals surface area (Å²) in [5, 5.41) is 5.53. The van der Waals surface area contributed by atoms with Crippen LogP contribution in [0.4, 0.5) is 4.79 Å². The molecule has 3 fully saturated rings. The van der Waals surface area contributed by atoms with E-state index in [2.05, 4.69) is 10.6 Å². The van der Waals surface area contributed by atoms with Crippen LogP contribution in [0.3, 0.4) is 0 Å². The molecule has 4 N–H and O–H groups in total. The maximum atomic E-state index is 14.5. The number of Topliss-reactive ketones (excluding diaryl/α,β-unsaturated/α-hetero) is 3. The molecule has 3 aliphatic rings. The first kappa shape index (κ1) is 45.0. The van der Waals surface area contributed by atoms with E-state index in [0.717, 1.165) is 70.6 Å². The molecule has 5 atom stereocenters. The first-order chi connectivity index (χ1) is 25.3. The van der Waals surface area contributed by atoms with Crippen LogP contribution in [0.25, 0.3) is 0 Å². The van der Waals surface area contributed by atoms with Gasteiger partial charge in [0.15, 0.2) is 11.6 Å². The number of primary amides is 1. The predicted octanol–water partition coefficient (Wildman–Crippen LogP) is 5.48. The molecule has 0 radical (unpaired) electrons. The summed E-state index contributed by atoms with van der Waals surface area (Å²) >= 11 is 0. The zero-order valence-corrected chi connectivity index (χ0v) is 34.0. The van der Waals surface area contributed by atoms with Gasteiger partial charge in [-0.2, -0.15) is 0 Å². The highest BCUT2D eigenvalue weighted by Gasteiger charge is 2.46. The lowest BCUT2D eigenvalue weighted by atomic mass is 9.83. The molecule has 3 rings (SSSR count). The van der Waals surface area contributed by atoms with Crippen molar-refractivity contribution in [3.63, 3.8) is 0 Å². The van der Waals surface area contributed by atoms with Gasteiger partial charge in [-0.3, -0.25) is 28.8 Å². The van der Waals surface area contributed by atoms with Crippen molar-refractivity contribution in [2.75, 3.05) is 6.54 Å². The number of carbonyl (C=O) groups excluding carboxylic acids is 7. The fourth-order valence-electron chi connectivity index (χ4n) is 8.26. The van der Waals surface area contributed by atoms with Crippen LogP contribution in [0, 0.1) is 17.8 Å². The van der Waals surface area contributed by atoms with Gasteiger partial charge in [-0.05, 0) is 85.5 Å². The number of likely N-dealkylation sites (tertiary alicyclic amines) is 1. The quantitative estimate of drug-likeness (QED) is 0.152. The molecule has 0 bridgehead atoms. The molecule has 0 aromatic heterocycles. The maximum absolute atomic E-state index is 14.5. The predicted molar refractivity (Wildman–Crippen MR) is 204 cm³/mol. The van der Waals surface area contributed by atoms with Crippen LogP contribution in [0.1, 0.15) is 158 Å². The van der Waals surface area contributed by atoms with E-state index in [9.17, 15) is 33.6 Å². The van der Waals surface area contributed by atoms with E-state index in [1.54, 1.807) is 20.8 Å². The van der Waals surface area contributed by atoms with Crippen LogP contribution in [0.15, 0.2) is 0 Å². The Balaban J connectivity index is 1.77. The zero-order chi connectivity index (χ0) is 40.2. The number of nitrogens with two attached hydrogens (primary N) is 1. The number of unbranched alkanes of at least 4 members (excludes halogenated alkanes) is 1. The first-order valence-corrected chi connectivity index (χ1v) is 20.5. The minimum absolute atomic E-state index is 0.0524. The van der Waals surface area contributed by atoms with Crippen molar-refractivity contribution in [3.05, 3.63) is 0 Å². The Morgan fingerprint density at radius 2 is 1.35 bits per heavy atom. The molecule has 2 saturated carbocycles. The van der Waals surface area contributed by atoms with E-state index in [0.29, 0.717) is 12.8 Å². The lowest BCUT2D eigenvalue weighted by Crippen LogP contribution is -2.55. The number of nitrogens with zero attached hydrogens (tertiary/aromatic N) is 1. The van der Waals surface area contributed by atoms with E-state index in [4.69, 9.17) is 15.2 Å². The van der Waals surface area contributed by atoms with Crippen LogP contribution < -0.4 is 16.4 Å². The van der Waals surface area contributed by atoms with Crippen molar-refractivity contribution >= 4 is 41.2 Å². The Hall–Kier alpha value is -3.35. The number of ether oxygens (including phenoxy) is 2. The van der Waals surface area contributed by atoms with Crippen molar-refractivity contribution in [3.8, 4) is 0 Å². The van der Waals surface area contributed by atoms with E-state index in [-0.39, 0.29) is 55.8 Å². The summed E-state index contributed by atoms with van der Waals surface area (Å²) in [6.45, 7) is 13.0. The fourth-order valence-corrected chi connectivity index (χ4v) is 8.26. The maximum Gasteiger partial charge on any atom is 0.408 e. The summed E-state index contributed by atoms with van der Waals surface area (Å²) in [6.07, 6.45) is 8.76. The molecule has 4 amide bonds. The molecule has 306 valence electrons. The average molecular weight is 761 g/mol. The summed E-state index contributed by atoms with van der Waals surface area (Å²) in [5.41, 5.74) is 4.28. The van der Waals surface area contributed by atoms with Crippen molar-refractivity contribution in [2.24, 2.45) is 23.5 Å². The van der Waals surface area contributed by atoms with E-state index >= 15 is 0 Å². The minimum Gasteiger partial charge on any atom is -0.444 e. The topological polar surface area (TPSA) is 191 Å². The number of hydrogen-bond donors (Lipinski definition) is 3. The molecule has 1 unspecified atom stereocenters. The third-order valence-electron chi connectivity index (χ3n) is 10.8. The van der Waals surface area contributed by atoms with Gasteiger partial charge in [-0.1, -0.05) is 58.3 Å². The number of rotatable bonds is 18. The van der Waals surface area contributed by atoms with Crippen molar-refractivity contribution in [1.82, 2.24) is 15.5 Å². The zero-order valence-electron chi connectivity index (χ0n) is 34.0. The third-order valence-corrected chi connectivity index (χ3v) is 10.8. The molecular formula is C41H68N4O9. The highest BCUT2D eigenvalue weighted by atomic mass is 16.6. The van der Waals surface area contributed by atoms with Crippen molar-refractivity contribution in [2.45, 2.75) is 193 Å². The third kappa shape index (κ3) is 14.4. The van der Waals surface area contributed by atoms with Gasteiger partial charge < -0.3 is 30.7 Å². The standard InChI is InChI=1S/C41H68N4O9/c1-8-9-16-28(36(49)31(46)21-22-33(48)43-34(37(42)50)26-17-12-10-13-18-26)23-32(47)30-24-29(53-40(2,3)4)25-45(30)38(51)35(27-19-14-11-15-20-27)44-39(52)54-41(5,6)7/h26-30,34-35H,8-25H2,1-7H3,(H2,42,50)(H,43,48)(H,44,52)/t28?,29-,30+,34+,35+/m1/s1. The highest BCUT2D eigenvalue weighted by molar-refractivity contribution is 6.38. The summed E-state index contributed by atoms with van der Waals surface area (Å²) in [4.78, 5) is 95.1. The molecule has 1 heterocycles. The van der Waals surface area contributed by atoms with Crippen LogP contribution in [-0.4, -0.2) is 88.0 Å². The normalized spacial score (nSPS) is 21.8. The number of ketones is 3. The molecule has 0 aromatic rings. The summed E-state index contributed by atoms with van der Waals surface area (Å²) in [5.74, 6) is -4.43. The van der Waals surface area contributed by atoms with Crippen LogP contribution >= 0.6 is 0 Å². The Labute approximate surface area is 322 Å². The van der Waals surface area contributed by atoms with Crippen LogP contribution in [0.5, 0.6) is 0 Å². The smallest absolute Gasteiger partial charge is 0.408 e. The fraction of sp³-hybridized carbons (Fsp3) is 0.829. The van der Waals surface area contributed by atoms with E-state index in [1.807, 2.05) is 27.7 Å². The minimum atomic E-state index is -0.917. The highest BCUT2D eigenvalue weighted by Crippen LogP contribution is 2.33. The number of hydrogen-bond acceptors (Lipinski definition) is 9. The van der Waals surface area contributed by atoms with Crippen LogP contribution in [-0.2, 0) is 38.2 Å². The molecule has 2 aliphatic carbocycles. The van der Waals surface area contributed by atoms with Gasteiger partial charge in [0.25, 0.3) is 0 Å². The second-order valence-corrected chi connectivity index (χ2v) is 17.8. The second-order valence-electron chi connectivity index (χ2n) is 17.8. The van der Waals surface area contributed by atoms with Gasteiger partial charge in [0.2, 0.25) is 23.5 Å². The summed E-state index contributed by atoms with van der Waals surface area (Å²) in [6, 6.07) is -2.64. The first-order valence-electron chi connectivity index (χ1n) is 20.5. The van der Waals surface area contributed by atoms with E-state index in [1.165, 1.54) is 4.90 Å². The Kier molecular flexibility index (Phi) is 17.1. The summed E-state index contributed by atoms with van der Waals surface area (Å²) < 4.78 is 11.8. The number of nitrogens with one attached hydrogen (secondary N) is 2. The Bertz CT molecular complexity index is 1320. The molecule has 1 aliphatic heterocycles. The molecule has 54 heavy (non-hydrogen) atoms. The molecule has 1 saturated heterocycles. The molecule has 0 spiro atoms. The Morgan fingerprint density at radius 1 is 0.778 bits per heavy atom. The van der Waals surface area contributed by atoms with Gasteiger partial charge >= 0.3 is 6.09 Å². The SMILES string of the molecule is CCCCC(CC(=O)[C@@H]1C[C@@H](OC(C)(C)C)CN1C(=O)[C@@H](NC(=O)OC(C)(C)C)C1CCCCC1)C(=O)C(=O)CCC(=O)N[C@H](C(N)=O)C1CCCCC1. The molecule has 13 nitrogen and oxygen atoms in total. The van der Waals surface area contributed by atoms with Crippen LogP contribution in [0.2, 0.25) is 0 Å². The van der Waals surface area contributed by atoms with Gasteiger partial charge in [0, 0.05) is 38.1 Å². The largest absolute Gasteiger partial charge is 0.444 e. The molecular weight excluding hydrogens is 692 g/mol. The number of alkyl carbamates (subject to hydrolysis) is 1. The monoisotopic (exact) mass is 760 g/mol. The Morgan fingerprint density at radius 3 is 1.87 bits per heavy atom. The number of amides is 4. The van der Waals surface area contributed by atoms with Crippen molar-refractivity contribution in [1.29, 1.82) is 0 Å². The van der Waals surface area contributed by atoms with Gasteiger partial charge in [-0.15, -0.1) is 0 Å². The molecule has 0 aromatic carbocycles. The second kappa shape index (κ2) is 20.5. The van der Waals surface area contributed by atoms with Gasteiger partial charge in [0.1, 0.15) is 17.7 Å². The average Bonchev–Trinajstić information content (AvgIpc) is 3.52. The lowest BCUT2D eigenvalue weighted by Gasteiger charge is -2.35. The summed E-state index contributed by atoms with van der Waals surface area (Å²) in [7, 11) is 0. The molecule has 13 heteroatoms. The number of carbonyl (C=O) groups is 7. The van der Waals surface area contributed by atoms with Crippen molar-refractivity contribution < 1.29 is 43.0 Å². The van der Waals surface area contributed by atoms with Gasteiger partial charge in [0.05, 0.1) is 17.7 Å². The van der Waals surface area contributed by atoms with Gasteiger partial charge in [-0.25, -0.2) is 4.79 Å².